The Morgan fingerprint density at radius 2 is 2.00 bits per heavy atom. The number of hydrogen-bond acceptors (Lipinski definition) is 3. The maximum atomic E-state index is 12.6. The number of halogens is 3. The molecule has 2 aromatic rings. The van der Waals surface area contributed by atoms with Gasteiger partial charge in [0.1, 0.15) is 6.10 Å². The molecule has 0 radical (unpaired) electrons. The van der Waals surface area contributed by atoms with E-state index >= 15 is 0 Å². The highest BCUT2D eigenvalue weighted by Gasteiger charge is 2.31. The number of rotatable bonds is 3. The predicted octanol–water partition coefficient (Wildman–Crippen LogP) is 4.38. The fourth-order valence-corrected chi connectivity index (χ4v) is 3.20. The fourth-order valence-electron chi connectivity index (χ4n) is 2.58. The van der Waals surface area contributed by atoms with Gasteiger partial charge in [-0.05, 0) is 35.2 Å². The number of alkyl halides is 3. The molecule has 3 rings (SSSR count). The number of benzene rings is 1. The summed E-state index contributed by atoms with van der Waals surface area (Å²) < 4.78 is 43.5. The molecule has 25 heavy (non-hydrogen) atoms. The molecule has 0 aliphatic carbocycles. The van der Waals surface area contributed by atoms with Gasteiger partial charge in [-0.25, -0.2) is 0 Å². The minimum Gasteiger partial charge on any atom is -0.370 e. The van der Waals surface area contributed by atoms with Crippen molar-refractivity contribution in [2.75, 3.05) is 19.7 Å². The highest BCUT2D eigenvalue weighted by molar-refractivity contribution is 7.10. The van der Waals surface area contributed by atoms with Gasteiger partial charge in [0.05, 0.1) is 18.7 Å². The third-order valence-electron chi connectivity index (χ3n) is 3.92. The van der Waals surface area contributed by atoms with Gasteiger partial charge in [-0.1, -0.05) is 18.2 Å². The van der Waals surface area contributed by atoms with Gasteiger partial charge in [0.2, 0.25) is 5.91 Å². The van der Waals surface area contributed by atoms with Crippen molar-refractivity contribution >= 4 is 23.3 Å². The molecule has 1 aromatic carbocycles. The maximum absolute atomic E-state index is 12.6. The van der Waals surface area contributed by atoms with Crippen LogP contribution < -0.4 is 0 Å². The van der Waals surface area contributed by atoms with Crippen LogP contribution >= 0.6 is 11.3 Å². The number of carbonyl (C=O) groups excluding carboxylic acids is 1. The van der Waals surface area contributed by atoms with E-state index in [4.69, 9.17) is 4.74 Å². The molecule has 7 heteroatoms. The summed E-state index contributed by atoms with van der Waals surface area (Å²) in [6.07, 6.45) is -1.51. The van der Waals surface area contributed by atoms with Crippen LogP contribution in [0.15, 0.2) is 47.9 Å². The summed E-state index contributed by atoms with van der Waals surface area (Å²) in [4.78, 5) is 14.9. The van der Waals surface area contributed by atoms with Crippen molar-refractivity contribution in [3.8, 4) is 0 Å². The number of nitrogens with zero attached hydrogens (tertiary/aromatic N) is 1. The number of amides is 1. The molecule has 0 N–H and O–H groups in total. The summed E-state index contributed by atoms with van der Waals surface area (Å²) in [5, 5.41) is 1.93. The van der Waals surface area contributed by atoms with Gasteiger partial charge < -0.3 is 9.64 Å². The Bertz CT molecular complexity index is 739. The van der Waals surface area contributed by atoms with E-state index in [2.05, 4.69) is 0 Å². The number of ether oxygens (including phenoxy) is 1. The van der Waals surface area contributed by atoms with Crippen molar-refractivity contribution < 1.29 is 22.7 Å². The van der Waals surface area contributed by atoms with Crippen molar-refractivity contribution in [2.24, 2.45) is 0 Å². The Kier molecular flexibility index (Phi) is 5.24. The minimum absolute atomic E-state index is 0.131. The molecule has 0 bridgehead atoms. The molecule has 2 heterocycles. The molecule has 0 unspecified atom stereocenters. The van der Waals surface area contributed by atoms with Crippen LogP contribution in [0.1, 0.15) is 22.1 Å². The molecular formula is C18H16F3NO2S. The highest BCUT2D eigenvalue weighted by atomic mass is 32.1. The predicted molar refractivity (Wildman–Crippen MR) is 90.1 cm³/mol. The zero-order valence-electron chi connectivity index (χ0n) is 13.2. The number of morpholine rings is 1. The second-order valence-electron chi connectivity index (χ2n) is 5.61. The van der Waals surface area contributed by atoms with E-state index in [1.807, 2.05) is 17.5 Å². The molecule has 1 aromatic heterocycles. The fraction of sp³-hybridized carbons (Fsp3) is 0.278. The van der Waals surface area contributed by atoms with Gasteiger partial charge in [-0.15, -0.1) is 11.3 Å². The molecule has 1 aliphatic rings. The van der Waals surface area contributed by atoms with Crippen molar-refractivity contribution in [1.29, 1.82) is 0 Å². The van der Waals surface area contributed by atoms with Gasteiger partial charge in [-0.2, -0.15) is 13.2 Å². The smallest absolute Gasteiger partial charge is 0.370 e. The zero-order valence-corrected chi connectivity index (χ0v) is 14.0. The lowest BCUT2D eigenvalue weighted by atomic mass is 10.1. The highest BCUT2D eigenvalue weighted by Crippen LogP contribution is 2.31. The largest absolute Gasteiger partial charge is 0.416 e. The van der Waals surface area contributed by atoms with Crippen molar-refractivity contribution in [3.63, 3.8) is 0 Å². The van der Waals surface area contributed by atoms with E-state index in [1.54, 1.807) is 11.0 Å². The zero-order chi connectivity index (χ0) is 17.9. The number of thiophene rings is 1. The van der Waals surface area contributed by atoms with E-state index < -0.39 is 17.8 Å². The average molecular weight is 367 g/mol. The molecule has 1 atom stereocenters. The second-order valence-corrected chi connectivity index (χ2v) is 6.59. The van der Waals surface area contributed by atoms with E-state index in [1.165, 1.54) is 29.5 Å². The van der Waals surface area contributed by atoms with E-state index in [9.17, 15) is 18.0 Å². The summed E-state index contributed by atoms with van der Waals surface area (Å²) in [5.41, 5.74) is -0.0633. The van der Waals surface area contributed by atoms with Crippen LogP contribution in [0, 0.1) is 0 Å². The summed E-state index contributed by atoms with van der Waals surface area (Å²) >= 11 is 1.54. The van der Waals surface area contributed by atoms with E-state index in [0.29, 0.717) is 25.3 Å². The lowest BCUT2D eigenvalue weighted by Gasteiger charge is -2.32. The van der Waals surface area contributed by atoms with Gasteiger partial charge in [0.25, 0.3) is 0 Å². The molecular weight excluding hydrogens is 351 g/mol. The maximum Gasteiger partial charge on any atom is 0.416 e. The Hall–Kier alpha value is -2.12. The van der Waals surface area contributed by atoms with Gasteiger partial charge in [-0.3, -0.25) is 4.79 Å². The summed E-state index contributed by atoms with van der Waals surface area (Å²) in [5.74, 6) is -0.131. The second kappa shape index (κ2) is 7.41. The Balaban J connectivity index is 1.65. The third-order valence-corrected chi connectivity index (χ3v) is 4.76. The summed E-state index contributed by atoms with van der Waals surface area (Å²) in [6, 6.07) is 8.71. The lowest BCUT2D eigenvalue weighted by molar-refractivity contribution is -0.137. The van der Waals surface area contributed by atoms with Crippen LogP contribution in [-0.2, 0) is 15.7 Å². The first kappa shape index (κ1) is 17.7. The van der Waals surface area contributed by atoms with Crippen molar-refractivity contribution in [1.82, 2.24) is 4.90 Å². The third kappa shape index (κ3) is 4.49. The Morgan fingerprint density at radius 3 is 2.64 bits per heavy atom. The van der Waals surface area contributed by atoms with Crippen molar-refractivity contribution in [2.45, 2.75) is 12.3 Å². The topological polar surface area (TPSA) is 29.5 Å². The summed E-state index contributed by atoms with van der Waals surface area (Å²) in [6.45, 7) is 1.13. The molecule has 0 spiro atoms. The molecule has 3 nitrogen and oxygen atoms in total. The standard InChI is InChI=1S/C18H16F3NO2S/c19-18(20,21)14-5-3-13(4-6-14)16-12-22(9-10-24-16)17(23)8-7-15-2-1-11-25-15/h1-8,11,16H,9-10,12H2/b8-7+/t16-/m0/s1. The van der Waals surface area contributed by atoms with Crippen LogP contribution in [0.4, 0.5) is 13.2 Å². The number of carbonyl (C=O) groups is 1. The first-order valence-corrected chi connectivity index (χ1v) is 8.61. The normalized spacial score (nSPS) is 18.7. The van der Waals surface area contributed by atoms with Crippen LogP contribution in [0.5, 0.6) is 0 Å². The molecule has 1 aliphatic heterocycles. The van der Waals surface area contributed by atoms with E-state index in [-0.39, 0.29) is 5.91 Å². The minimum atomic E-state index is -4.36. The Morgan fingerprint density at radius 1 is 1.24 bits per heavy atom. The first-order valence-electron chi connectivity index (χ1n) is 7.73. The molecule has 1 fully saturated rings. The van der Waals surface area contributed by atoms with Crippen LogP contribution in [0.25, 0.3) is 6.08 Å². The monoisotopic (exact) mass is 367 g/mol. The van der Waals surface area contributed by atoms with Crippen LogP contribution in [0.2, 0.25) is 0 Å². The van der Waals surface area contributed by atoms with Crippen molar-refractivity contribution in [3.05, 3.63) is 63.9 Å². The van der Waals surface area contributed by atoms with Crippen LogP contribution in [0.3, 0.4) is 0 Å². The summed E-state index contributed by atoms with van der Waals surface area (Å²) in [7, 11) is 0. The molecule has 1 saturated heterocycles. The van der Waals surface area contributed by atoms with Gasteiger partial charge in [0, 0.05) is 17.5 Å². The lowest BCUT2D eigenvalue weighted by Crippen LogP contribution is -2.41. The average Bonchev–Trinajstić information content (AvgIpc) is 3.13. The Labute approximate surface area is 147 Å². The molecule has 132 valence electrons. The van der Waals surface area contributed by atoms with Gasteiger partial charge in [0.15, 0.2) is 0 Å². The molecule has 1 amide bonds. The number of hydrogen-bond donors (Lipinski definition) is 0. The van der Waals surface area contributed by atoms with E-state index in [0.717, 1.165) is 17.0 Å². The van der Waals surface area contributed by atoms with Gasteiger partial charge >= 0.3 is 6.18 Å². The SMILES string of the molecule is O=C(/C=C/c1cccs1)N1CCO[C@H](c2ccc(C(F)(F)F)cc2)C1. The molecule has 0 saturated carbocycles. The quantitative estimate of drug-likeness (QED) is 0.754. The first-order chi connectivity index (χ1) is 11.9. The van der Waals surface area contributed by atoms with Crippen LogP contribution in [-0.4, -0.2) is 30.5 Å².